The van der Waals surface area contributed by atoms with E-state index in [2.05, 4.69) is 28.1 Å². The second kappa shape index (κ2) is 9.24. The maximum atomic E-state index is 12.7. The van der Waals surface area contributed by atoms with Gasteiger partial charge in [0.15, 0.2) is 6.61 Å². The number of rotatable bonds is 6. The average molecular weight is 387 g/mol. The van der Waals surface area contributed by atoms with Gasteiger partial charge in [0.1, 0.15) is 5.75 Å². The molecule has 0 aliphatic carbocycles. The first-order chi connectivity index (χ1) is 14.3. The van der Waals surface area contributed by atoms with Crippen LogP contribution < -0.4 is 9.64 Å². The highest BCUT2D eigenvalue weighted by molar-refractivity contribution is 5.78. The number of benzene rings is 2. The van der Waals surface area contributed by atoms with Crippen molar-refractivity contribution in [3.05, 3.63) is 90.3 Å². The van der Waals surface area contributed by atoms with Crippen LogP contribution >= 0.6 is 0 Å². The van der Waals surface area contributed by atoms with Crippen molar-refractivity contribution >= 4 is 11.6 Å². The zero-order valence-electron chi connectivity index (χ0n) is 16.4. The van der Waals surface area contributed by atoms with Crippen LogP contribution in [0.2, 0.25) is 0 Å². The fourth-order valence-electron chi connectivity index (χ4n) is 3.61. The van der Waals surface area contributed by atoms with Crippen molar-refractivity contribution < 1.29 is 9.53 Å². The number of hydrogen-bond acceptors (Lipinski definition) is 4. The number of hydrogen-bond donors (Lipinski definition) is 0. The van der Waals surface area contributed by atoms with E-state index >= 15 is 0 Å². The van der Waals surface area contributed by atoms with E-state index in [-0.39, 0.29) is 12.5 Å². The van der Waals surface area contributed by atoms with Crippen molar-refractivity contribution in [1.29, 1.82) is 0 Å². The number of ether oxygens (including phenoxy) is 1. The summed E-state index contributed by atoms with van der Waals surface area (Å²) in [4.78, 5) is 20.9. The topological polar surface area (TPSA) is 45.7 Å². The first kappa shape index (κ1) is 19.0. The van der Waals surface area contributed by atoms with Gasteiger partial charge < -0.3 is 14.5 Å². The number of anilines is 1. The van der Waals surface area contributed by atoms with Crippen molar-refractivity contribution in [3.8, 4) is 5.75 Å². The van der Waals surface area contributed by atoms with E-state index in [1.165, 1.54) is 5.56 Å². The molecule has 1 amide bonds. The minimum absolute atomic E-state index is 0.0360. The molecule has 1 saturated heterocycles. The molecule has 0 N–H and O–H groups in total. The molecule has 0 bridgehead atoms. The predicted molar refractivity (Wildman–Crippen MR) is 114 cm³/mol. The van der Waals surface area contributed by atoms with E-state index in [0.29, 0.717) is 13.1 Å². The number of nitrogens with zero attached hydrogens (tertiary/aromatic N) is 3. The van der Waals surface area contributed by atoms with Crippen LogP contribution in [0.4, 0.5) is 5.69 Å². The van der Waals surface area contributed by atoms with Crippen molar-refractivity contribution in [2.45, 2.75) is 6.42 Å². The fraction of sp³-hybridized carbons (Fsp3) is 0.250. The van der Waals surface area contributed by atoms with Gasteiger partial charge in [-0.05, 0) is 29.3 Å². The molecule has 0 radical (unpaired) electrons. The normalized spacial score (nSPS) is 13.9. The van der Waals surface area contributed by atoms with E-state index in [4.69, 9.17) is 4.74 Å². The van der Waals surface area contributed by atoms with Crippen molar-refractivity contribution in [3.63, 3.8) is 0 Å². The lowest BCUT2D eigenvalue weighted by Gasteiger charge is -2.36. The molecule has 2 heterocycles. The predicted octanol–water partition coefficient (Wildman–Crippen LogP) is 3.40. The highest BCUT2D eigenvalue weighted by atomic mass is 16.5. The van der Waals surface area contributed by atoms with Crippen molar-refractivity contribution in [2.75, 3.05) is 37.7 Å². The largest absolute Gasteiger partial charge is 0.483 e. The van der Waals surface area contributed by atoms with E-state index < -0.39 is 0 Å². The fourth-order valence-corrected chi connectivity index (χ4v) is 3.61. The molecular formula is C24H25N3O2. The molecule has 0 atom stereocenters. The quantitative estimate of drug-likeness (QED) is 0.650. The molecule has 1 fully saturated rings. The molecule has 0 saturated carbocycles. The van der Waals surface area contributed by atoms with Crippen LogP contribution in [0.3, 0.4) is 0 Å². The zero-order chi connectivity index (χ0) is 19.9. The van der Waals surface area contributed by atoms with E-state index in [1.807, 2.05) is 53.4 Å². The minimum Gasteiger partial charge on any atom is -0.483 e. The number of pyridine rings is 1. The van der Waals surface area contributed by atoms with E-state index in [9.17, 15) is 4.79 Å². The van der Waals surface area contributed by atoms with Crippen LogP contribution in [0, 0.1) is 0 Å². The summed E-state index contributed by atoms with van der Waals surface area (Å²) in [7, 11) is 0. The first-order valence-electron chi connectivity index (χ1n) is 9.97. The summed E-state index contributed by atoms with van der Waals surface area (Å²) in [6.07, 6.45) is 4.39. The molecule has 0 unspecified atom stereocenters. The molecular weight excluding hydrogens is 362 g/mol. The third-order valence-corrected chi connectivity index (χ3v) is 5.22. The Labute approximate surface area is 171 Å². The summed E-state index contributed by atoms with van der Waals surface area (Å²) in [5.41, 5.74) is 3.47. The molecule has 1 aliphatic rings. The SMILES string of the molecule is O=C(COc1ccccc1Cc1ccccc1)N1CCN(c2ccncc2)CC1. The number of aromatic nitrogens is 1. The summed E-state index contributed by atoms with van der Waals surface area (Å²) in [6.45, 7) is 3.12. The number of carbonyl (C=O) groups is 1. The summed E-state index contributed by atoms with van der Waals surface area (Å²) in [5.74, 6) is 0.814. The molecule has 1 aromatic heterocycles. The van der Waals surface area contributed by atoms with Crippen LogP contribution in [0.15, 0.2) is 79.1 Å². The van der Waals surface area contributed by atoms with Crippen molar-refractivity contribution in [1.82, 2.24) is 9.88 Å². The third-order valence-electron chi connectivity index (χ3n) is 5.22. The number of amides is 1. The Morgan fingerprint density at radius 3 is 2.31 bits per heavy atom. The monoisotopic (exact) mass is 387 g/mol. The van der Waals surface area contributed by atoms with Gasteiger partial charge in [0.05, 0.1) is 0 Å². The van der Waals surface area contributed by atoms with Crippen LogP contribution in [-0.2, 0) is 11.2 Å². The maximum Gasteiger partial charge on any atom is 0.260 e. The van der Waals surface area contributed by atoms with Crippen molar-refractivity contribution in [2.24, 2.45) is 0 Å². The molecule has 5 nitrogen and oxygen atoms in total. The molecule has 3 aromatic rings. The summed E-state index contributed by atoms with van der Waals surface area (Å²) >= 11 is 0. The van der Waals surface area contributed by atoms with Gasteiger partial charge >= 0.3 is 0 Å². The smallest absolute Gasteiger partial charge is 0.260 e. The van der Waals surface area contributed by atoms with Crippen LogP contribution in [-0.4, -0.2) is 48.6 Å². The molecule has 29 heavy (non-hydrogen) atoms. The van der Waals surface area contributed by atoms with Crippen LogP contribution in [0.1, 0.15) is 11.1 Å². The van der Waals surface area contributed by atoms with Gasteiger partial charge in [-0.2, -0.15) is 0 Å². The highest BCUT2D eigenvalue weighted by Crippen LogP contribution is 2.22. The highest BCUT2D eigenvalue weighted by Gasteiger charge is 2.21. The van der Waals surface area contributed by atoms with Gasteiger partial charge in [-0.1, -0.05) is 48.5 Å². The summed E-state index contributed by atoms with van der Waals surface area (Å²) in [6, 6.07) is 22.2. The molecule has 0 spiro atoms. The lowest BCUT2D eigenvalue weighted by molar-refractivity contribution is -0.133. The zero-order valence-corrected chi connectivity index (χ0v) is 16.4. The average Bonchev–Trinajstić information content (AvgIpc) is 2.80. The first-order valence-corrected chi connectivity index (χ1v) is 9.97. The Bertz CT molecular complexity index is 923. The Morgan fingerprint density at radius 2 is 1.55 bits per heavy atom. The Hall–Kier alpha value is -3.34. The van der Waals surface area contributed by atoms with Crippen LogP contribution in [0.5, 0.6) is 5.75 Å². The van der Waals surface area contributed by atoms with E-state index in [0.717, 1.165) is 36.5 Å². The summed E-state index contributed by atoms with van der Waals surface area (Å²) in [5, 5.41) is 0. The van der Waals surface area contributed by atoms with Gasteiger partial charge in [-0.3, -0.25) is 9.78 Å². The molecule has 148 valence electrons. The Kier molecular flexibility index (Phi) is 6.05. The minimum atomic E-state index is 0.0360. The number of piperazine rings is 1. The molecule has 4 rings (SSSR count). The van der Waals surface area contributed by atoms with Gasteiger partial charge in [0.25, 0.3) is 5.91 Å². The third kappa shape index (κ3) is 4.93. The number of carbonyl (C=O) groups excluding carboxylic acids is 1. The lowest BCUT2D eigenvalue weighted by Crippen LogP contribution is -2.50. The Balaban J connectivity index is 1.31. The maximum absolute atomic E-state index is 12.7. The van der Waals surface area contributed by atoms with Gasteiger partial charge in [-0.15, -0.1) is 0 Å². The molecule has 1 aliphatic heterocycles. The molecule has 5 heteroatoms. The van der Waals surface area contributed by atoms with Gasteiger partial charge in [0, 0.05) is 50.7 Å². The van der Waals surface area contributed by atoms with Crippen LogP contribution in [0.25, 0.3) is 0 Å². The second-order valence-electron chi connectivity index (χ2n) is 7.13. The standard InChI is InChI=1S/C24H25N3O2/c28-24(27-16-14-26(15-17-27)22-10-12-25-13-11-22)19-29-23-9-5-4-8-21(23)18-20-6-2-1-3-7-20/h1-13H,14-19H2. The second-order valence-corrected chi connectivity index (χ2v) is 7.13. The number of para-hydroxylation sites is 1. The molecule has 2 aromatic carbocycles. The Morgan fingerprint density at radius 1 is 0.862 bits per heavy atom. The van der Waals surface area contributed by atoms with Gasteiger partial charge in [0.2, 0.25) is 0 Å². The lowest BCUT2D eigenvalue weighted by atomic mass is 10.0. The van der Waals surface area contributed by atoms with E-state index in [1.54, 1.807) is 12.4 Å². The summed E-state index contributed by atoms with van der Waals surface area (Å²) < 4.78 is 5.92. The van der Waals surface area contributed by atoms with Gasteiger partial charge in [-0.25, -0.2) is 0 Å².